The number of nitrogens with one attached hydrogen (secondary N) is 1. The molecule has 0 radical (unpaired) electrons. The first-order valence-electron chi connectivity index (χ1n) is 9.73. The van der Waals surface area contributed by atoms with Crippen LogP contribution in [0.5, 0.6) is 0 Å². The van der Waals surface area contributed by atoms with Gasteiger partial charge in [0.15, 0.2) is 11.0 Å². The van der Waals surface area contributed by atoms with E-state index in [1.54, 1.807) is 25.1 Å². The van der Waals surface area contributed by atoms with Crippen LogP contribution in [-0.2, 0) is 0 Å². The largest absolute Gasteiger partial charge is 0.455 e. The zero-order valence-corrected chi connectivity index (χ0v) is 17.1. The number of carbonyl (C=O) groups excluding carboxylic acids is 1. The van der Waals surface area contributed by atoms with E-state index in [1.807, 2.05) is 30.3 Å². The third-order valence-corrected chi connectivity index (χ3v) is 5.53. The van der Waals surface area contributed by atoms with E-state index in [-0.39, 0.29) is 35.8 Å². The van der Waals surface area contributed by atoms with Crippen LogP contribution in [0.25, 0.3) is 22.3 Å². The van der Waals surface area contributed by atoms with Crippen LogP contribution in [0.15, 0.2) is 57.7 Å². The van der Waals surface area contributed by atoms with Crippen molar-refractivity contribution in [2.45, 2.75) is 44.7 Å². The molecule has 1 aliphatic carbocycles. The second-order valence-electron chi connectivity index (χ2n) is 7.52. The number of nitrogens with two attached hydrogens (primary N) is 1. The molecule has 4 rings (SSSR count). The molecule has 0 bridgehead atoms. The Morgan fingerprint density at radius 1 is 1.03 bits per heavy atom. The van der Waals surface area contributed by atoms with Crippen molar-refractivity contribution >= 4 is 29.3 Å². The summed E-state index contributed by atoms with van der Waals surface area (Å²) in [6.45, 7) is 1.76. The van der Waals surface area contributed by atoms with E-state index in [0.29, 0.717) is 27.9 Å². The van der Waals surface area contributed by atoms with Gasteiger partial charge < -0.3 is 15.5 Å². The van der Waals surface area contributed by atoms with Crippen molar-refractivity contribution < 1.29 is 9.21 Å². The van der Waals surface area contributed by atoms with Crippen molar-refractivity contribution in [2.75, 3.05) is 0 Å². The molecule has 152 valence electrons. The molecule has 6 heteroatoms. The molecule has 5 nitrogen and oxygen atoms in total. The Morgan fingerprint density at radius 2 is 1.72 bits per heavy atom. The van der Waals surface area contributed by atoms with Gasteiger partial charge in [-0.2, -0.15) is 0 Å². The molecular formula is C23H25ClN2O3. The van der Waals surface area contributed by atoms with Crippen LogP contribution in [-0.4, -0.2) is 18.0 Å². The molecule has 3 N–H and O–H groups in total. The molecule has 29 heavy (non-hydrogen) atoms. The number of carbonyl (C=O) groups is 1. The maximum absolute atomic E-state index is 12.9. The lowest BCUT2D eigenvalue weighted by molar-refractivity contribution is 0.0926. The molecular weight excluding hydrogens is 388 g/mol. The fraction of sp³-hybridized carbons (Fsp3) is 0.304. The summed E-state index contributed by atoms with van der Waals surface area (Å²) in [5, 5.41) is 3.51. The van der Waals surface area contributed by atoms with E-state index in [1.165, 1.54) is 0 Å². The fourth-order valence-electron chi connectivity index (χ4n) is 3.88. The number of fused-ring (bicyclic) bond motifs is 1. The second kappa shape index (κ2) is 8.80. The Labute approximate surface area is 175 Å². The molecule has 0 aliphatic heterocycles. The lowest BCUT2D eigenvalue weighted by Crippen LogP contribution is -2.40. The average molecular weight is 413 g/mol. The van der Waals surface area contributed by atoms with Gasteiger partial charge in [0.1, 0.15) is 5.76 Å². The van der Waals surface area contributed by atoms with Crippen LogP contribution in [0.4, 0.5) is 0 Å². The Balaban J connectivity index is 0.00000240. The van der Waals surface area contributed by atoms with Gasteiger partial charge in [0.25, 0.3) is 5.91 Å². The molecule has 0 unspecified atom stereocenters. The van der Waals surface area contributed by atoms with E-state index in [4.69, 9.17) is 10.2 Å². The summed E-state index contributed by atoms with van der Waals surface area (Å²) in [5.41, 5.74) is 7.92. The molecule has 0 saturated heterocycles. The monoisotopic (exact) mass is 412 g/mol. The quantitative estimate of drug-likeness (QED) is 0.675. The highest BCUT2D eigenvalue weighted by Crippen LogP contribution is 2.27. The summed E-state index contributed by atoms with van der Waals surface area (Å²) in [5.74, 6) is 0.291. The molecule has 1 fully saturated rings. The zero-order valence-electron chi connectivity index (χ0n) is 16.3. The van der Waals surface area contributed by atoms with Gasteiger partial charge in [-0.3, -0.25) is 9.59 Å². The van der Waals surface area contributed by atoms with Crippen LogP contribution < -0.4 is 16.5 Å². The van der Waals surface area contributed by atoms with Crippen LogP contribution in [0.1, 0.15) is 41.6 Å². The topological polar surface area (TPSA) is 85.3 Å². The first-order chi connectivity index (χ1) is 13.5. The van der Waals surface area contributed by atoms with Crippen molar-refractivity contribution in [3.63, 3.8) is 0 Å². The Kier molecular flexibility index (Phi) is 6.40. The first kappa shape index (κ1) is 21.1. The summed E-state index contributed by atoms with van der Waals surface area (Å²) in [6.07, 6.45) is 3.56. The van der Waals surface area contributed by atoms with Gasteiger partial charge >= 0.3 is 0 Å². The van der Waals surface area contributed by atoms with Crippen LogP contribution in [0.3, 0.4) is 0 Å². The minimum Gasteiger partial charge on any atom is -0.455 e. The van der Waals surface area contributed by atoms with Crippen LogP contribution >= 0.6 is 12.4 Å². The van der Waals surface area contributed by atoms with Gasteiger partial charge in [-0.15, -0.1) is 12.4 Å². The van der Waals surface area contributed by atoms with Gasteiger partial charge in [0.05, 0.1) is 10.9 Å². The van der Waals surface area contributed by atoms with Gasteiger partial charge in [-0.1, -0.05) is 36.4 Å². The van der Waals surface area contributed by atoms with Gasteiger partial charge in [-0.05, 0) is 44.7 Å². The average Bonchev–Trinajstić information content (AvgIpc) is 2.72. The van der Waals surface area contributed by atoms with E-state index in [9.17, 15) is 9.59 Å². The maximum Gasteiger partial charge on any atom is 0.255 e. The van der Waals surface area contributed by atoms with Gasteiger partial charge in [0, 0.05) is 23.2 Å². The standard InChI is InChI=1S/C23H24N2O3.ClH/c1-14-20(26)18-8-5-9-19(23(27)25-17-12-10-16(24)11-13-17)22(18)28-21(14)15-6-3-2-4-7-15;/h2-9,16-17H,10-13,24H2,1H3,(H,25,27);1H. The number of hydrogen-bond donors (Lipinski definition) is 2. The summed E-state index contributed by atoms with van der Waals surface area (Å²) in [6, 6.07) is 15.0. The van der Waals surface area contributed by atoms with Crippen molar-refractivity contribution in [3.8, 4) is 11.3 Å². The van der Waals surface area contributed by atoms with Crippen molar-refractivity contribution in [1.82, 2.24) is 5.32 Å². The molecule has 1 amide bonds. The van der Waals surface area contributed by atoms with E-state index in [0.717, 1.165) is 31.2 Å². The third-order valence-electron chi connectivity index (χ3n) is 5.53. The molecule has 1 heterocycles. The number of halogens is 1. The number of para-hydroxylation sites is 1. The van der Waals surface area contributed by atoms with Crippen LogP contribution in [0.2, 0.25) is 0 Å². The lowest BCUT2D eigenvalue weighted by atomic mass is 9.91. The SMILES string of the molecule is Cc1c(-c2ccccc2)oc2c(C(=O)NC3CCC(N)CC3)cccc2c1=O.Cl. The number of rotatable bonds is 3. The van der Waals surface area contributed by atoms with Crippen LogP contribution in [0, 0.1) is 6.92 Å². The predicted molar refractivity (Wildman–Crippen MR) is 118 cm³/mol. The van der Waals surface area contributed by atoms with E-state index in [2.05, 4.69) is 5.32 Å². The van der Waals surface area contributed by atoms with Crippen molar-refractivity contribution in [1.29, 1.82) is 0 Å². The summed E-state index contributed by atoms with van der Waals surface area (Å²) >= 11 is 0. The number of amides is 1. The third kappa shape index (κ3) is 4.21. The molecule has 0 spiro atoms. The van der Waals surface area contributed by atoms with E-state index < -0.39 is 0 Å². The highest BCUT2D eigenvalue weighted by Gasteiger charge is 2.23. The molecule has 2 aromatic carbocycles. The smallest absolute Gasteiger partial charge is 0.255 e. The van der Waals surface area contributed by atoms with E-state index >= 15 is 0 Å². The Bertz CT molecular complexity index is 1070. The summed E-state index contributed by atoms with van der Waals surface area (Å²) in [4.78, 5) is 25.9. The van der Waals surface area contributed by atoms with Crippen molar-refractivity contribution in [3.05, 3.63) is 69.9 Å². The second-order valence-corrected chi connectivity index (χ2v) is 7.52. The fourth-order valence-corrected chi connectivity index (χ4v) is 3.88. The number of hydrogen-bond acceptors (Lipinski definition) is 4. The van der Waals surface area contributed by atoms with Gasteiger partial charge in [-0.25, -0.2) is 0 Å². The molecule has 0 atom stereocenters. The zero-order chi connectivity index (χ0) is 19.7. The highest BCUT2D eigenvalue weighted by molar-refractivity contribution is 6.05. The maximum atomic E-state index is 12.9. The predicted octanol–water partition coefficient (Wildman–Crippen LogP) is 4.19. The minimum atomic E-state index is -0.211. The first-order valence-corrected chi connectivity index (χ1v) is 9.73. The Morgan fingerprint density at radius 3 is 2.41 bits per heavy atom. The highest BCUT2D eigenvalue weighted by atomic mass is 35.5. The van der Waals surface area contributed by atoms with Crippen molar-refractivity contribution in [2.24, 2.45) is 5.73 Å². The Hall–Kier alpha value is -2.63. The van der Waals surface area contributed by atoms with Gasteiger partial charge in [0.2, 0.25) is 0 Å². The normalized spacial score (nSPS) is 18.8. The molecule has 1 saturated carbocycles. The lowest BCUT2D eigenvalue weighted by Gasteiger charge is -2.26. The molecule has 1 aromatic heterocycles. The summed E-state index contributed by atoms with van der Waals surface area (Å²) < 4.78 is 6.14. The molecule has 3 aromatic rings. The summed E-state index contributed by atoms with van der Waals surface area (Å²) in [7, 11) is 0. The number of benzene rings is 2. The minimum absolute atomic E-state index is 0. The molecule has 1 aliphatic rings.